The minimum absolute atomic E-state index is 0.0464. The number of methoxy groups -OCH3 is 1. The second-order valence-corrected chi connectivity index (χ2v) is 5.86. The number of benzene rings is 1. The summed E-state index contributed by atoms with van der Waals surface area (Å²) in [4.78, 5) is 12.2. The molecule has 0 bridgehead atoms. The molecule has 1 aromatic rings. The molecule has 0 unspecified atom stereocenters. The van der Waals surface area contributed by atoms with Gasteiger partial charge in [0.05, 0.1) is 7.11 Å². The lowest BCUT2D eigenvalue weighted by Crippen LogP contribution is -2.43. The number of carbonyl (C=O) groups excluding carboxylic acids is 1. The van der Waals surface area contributed by atoms with Crippen LogP contribution in [-0.4, -0.2) is 19.0 Å². The van der Waals surface area contributed by atoms with E-state index in [1.807, 2.05) is 30.3 Å². The molecular weight excluding hydrogens is 266 g/mol. The first-order chi connectivity index (χ1) is 10.1. The Morgan fingerprint density at radius 2 is 1.90 bits per heavy atom. The van der Waals surface area contributed by atoms with Gasteiger partial charge in [-0.25, -0.2) is 0 Å². The number of carbonyl (C=O) groups is 1. The standard InChI is InChI=1S/C17H23NO3/c1-13-8-10-17(11-9-13,16(19)20-2)15(18)21-12-14-6-4-3-5-7-14/h3-7,13,18H,8-12H2,1-2H3. The highest BCUT2D eigenvalue weighted by atomic mass is 16.5. The van der Waals surface area contributed by atoms with Gasteiger partial charge in [0.15, 0.2) is 5.90 Å². The Kier molecular flexibility index (Phi) is 4.99. The molecule has 114 valence electrons. The van der Waals surface area contributed by atoms with Crippen LogP contribution in [0.2, 0.25) is 0 Å². The van der Waals surface area contributed by atoms with E-state index in [0.717, 1.165) is 18.4 Å². The van der Waals surface area contributed by atoms with Crippen LogP contribution in [0.4, 0.5) is 0 Å². The van der Waals surface area contributed by atoms with Crippen LogP contribution in [-0.2, 0) is 20.9 Å². The molecular formula is C17H23NO3. The average molecular weight is 289 g/mol. The van der Waals surface area contributed by atoms with E-state index in [-0.39, 0.29) is 11.9 Å². The number of hydrogen-bond acceptors (Lipinski definition) is 4. The molecule has 1 fully saturated rings. The van der Waals surface area contributed by atoms with E-state index < -0.39 is 5.41 Å². The van der Waals surface area contributed by atoms with Crippen LogP contribution in [0.3, 0.4) is 0 Å². The Morgan fingerprint density at radius 3 is 2.48 bits per heavy atom. The summed E-state index contributed by atoms with van der Waals surface area (Å²) in [5.74, 6) is 0.294. The third kappa shape index (κ3) is 3.43. The van der Waals surface area contributed by atoms with Crippen LogP contribution in [0.25, 0.3) is 0 Å². The largest absolute Gasteiger partial charge is 0.475 e. The zero-order valence-electron chi connectivity index (χ0n) is 12.7. The molecule has 21 heavy (non-hydrogen) atoms. The highest BCUT2D eigenvalue weighted by Crippen LogP contribution is 2.41. The Labute approximate surface area is 126 Å². The van der Waals surface area contributed by atoms with Gasteiger partial charge in [0.25, 0.3) is 0 Å². The Bertz CT molecular complexity index is 490. The molecule has 0 atom stereocenters. The lowest BCUT2D eigenvalue weighted by molar-refractivity contribution is -0.151. The van der Waals surface area contributed by atoms with E-state index in [1.165, 1.54) is 7.11 Å². The molecule has 4 heteroatoms. The second kappa shape index (κ2) is 6.74. The third-order valence-corrected chi connectivity index (χ3v) is 4.36. The molecule has 0 aliphatic heterocycles. The van der Waals surface area contributed by atoms with E-state index in [1.54, 1.807) is 0 Å². The monoisotopic (exact) mass is 289 g/mol. The van der Waals surface area contributed by atoms with Gasteiger partial charge in [-0.2, -0.15) is 0 Å². The van der Waals surface area contributed by atoms with Crippen molar-refractivity contribution in [1.29, 1.82) is 5.41 Å². The summed E-state index contributed by atoms with van der Waals surface area (Å²) >= 11 is 0. The minimum atomic E-state index is -0.893. The van der Waals surface area contributed by atoms with Gasteiger partial charge in [0.1, 0.15) is 12.0 Å². The van der Waals surface area contributed by atoms with Crippen molar-refractivity contribution in [2.75, 3.05) is 7.11 Å². The van der Waals surface area contributed by atoms with E-state index in [9.17, 15) is 4.79 Å². The first kappa shape index (κ1) is 15.5. The number of nitrogens with one attached hydrogen (secondary N) is 1. The van der Waals surface area contributed by atoms with Crippen molar-refractivity contribution in [3.8, 4) is 0 Å². The average Bonchev–Trinajstić information content (AvgIpc) is 2.53. The predicted octanol–water partition coefficient (Wildman–Crippen LogP) is 3.55. The number of hydrogen-bond donors (Lipinski definition) is 1. The minimum Gasteiger partial charge on any atom is -0.475 e. The first-order valence-corrected chi connectivity index (χ1v) is 7.42. The summed E-state index contributed by atoms with van der Waals surface area (Å²) in [7, 11) is 1.38. The highest BCUT2D eigenvalue weighted by Gasteiger charge is 2.47. The fraction of sp³-hybridized carbons (Fsp3) is 0.529. The van der Waals surface area contributed by atoms with Crippen molar-refractivity contribution >= 4 is 11.9 Å². The van der Waals surface area contributed by atoms with Gasteiger partial charge in [-0.05, 0) is 37.2 Å². The fourth-order valence-electron chi connectivity index (χ4n) is 2.84. The van der Waals surface area contributed by atoms with Crippen molar-refractivity contribution in [1.82, 2.24) is 0 Å². The molecule has 0 aromatic heterocycles. The zero-order chi connectivity index (χ0) is 15.3. The van der Waals surface area contributed by atoms with Crippen molar-refractivity contribution < 1.29 is 14.3 Å². The molecule has 0 saturated heterocycles. The van der Waals surface area contributed by atoms with Gasteiger partial charge < -0.3 is 9.47 Å². The van der Waals surface area contributed by atoms with Crippen molar-refractivity contribution in [3.63, 3.8) is 0 Å². The zero-order valence-corrected chi connectivity index (χ0v) is 12.7. The van der Waals surface area contributed by atoms with Gasteiger partial charge >= 0.3 is 5.97 Å². The van der Waals surface area contributed by atoms with E-state index in [0.29, 0.717) is 25.4 Å². The third-order valence-electron chi connectivity index (χ3n) is 4.36. The molecule has 1 aliphatic carbocycles. The molecule has 1 aliphatic rings. The maximum atomic E-state index is 12.2. The van der Waals surface area contributed by atoms with Gasteiger partial charge in [0.2, 0.25) is 0 Å². The quantitative estimate of drug-likeness (QED) is 0.524. The van der Waals surface area contributed by atoms with Gasteiger partial charge in [0, 0.05) is 0 Å². The van der Waals surface area contributed by atoms with Crippen LogP contribution < -0.4 is 0 Å². The molecule has 1 N–H and O–H groups in total. The van der Waals surface area contributed by atoms with Crippen LogP contribution in [0.1, 0.15) is 38.2 Å². The number of rotatable bonds is 4. The van der Waals surface area contributed by atoms with Crippen LogP contribution in [0.15, 0.2) is 30.3 Å². The van der Waals surface area contributed by atoms with Crippen molar-refractivity contribution in [3.05, 3.63) is 35.9 Å². The first-order valence-electron chi connectivity index (χ1n) is 7.42. The van der Waals surface area contributed by atoms with E-state index >= 15 is 0 Å². The van der Waals surface area contributed by atoms with Gasteiger partial charge in [-0.1, -0.05) is 37.3 Å². The summed E-state index contributed by atoms with van der Waals surface area (Å²) in [6, 6.07) is 9.69. The fourth-order valence-corrected chi connectivity index (χ4v) is 2.84. The maximum Gasteiger partial charge on any atom is 0.321 e. The van der Waals surface area contributed by atoms with E-state index in [2.05, 4.69) is 6.92 Å². The van der Waals surface area contributed by atoms with Crippen molar-refractivity contribution in [2.24, 2.45) is 11.3 Å². The second-order valence-electron chi connectivity index (χ2n) is 5.86. The number of ether oxygens (including phenoxy) is 2. The topological polar surface area (TPSA) is 59.4 Å². The highest BCUT2D eigenvalue weighted by molar-refractivity contribution is 6.01. The Hall–Kier alpha value is -1.84. The lowest BCUT2D eigenvalue weighted by Gasteiger charge is -2.36. The van der Waals surface area contributed by atoms with Gasteiger partial charge in [-0.3, -0.25) is 10.2 Å². The summed E-state index contributed by atoms with van der Waals surface area (Å²) in [5.41, 5.74) is 0.0993. The Balaban J connectivity index is 2.06. The summed E-state index contributed by atoms with van der Waals surface area (Å²) in [6.45, 7) is 2.49. The van der Waals surface area contributed by atoms with Crippen LogP contribution >= 0.6 is 0 Å². The molecule has 4 nitrogen and oxygen atoms in total. The Morgan fingerprint density at radius 1 is 1.29 bits per heavy atom. The number of esters is 1. The summed E-state index contributed by atoms with van der Waals surface area (Å²) in [6.07, 6.45) is 3.11. The van der Waals surface area contributed by atoms with Crippen molar-refractivity contribution in [2.45, 2.75) is 39.2 Å². The molecule has 0 radical (unpaired) electrons. The summed E-state index contributed by atoms with van der Waals surface area (Å²) < 4.78 is 10.6. The predicted molar refractivity (Wildman–Crippen MR) is 81.0 cm³/mol. The SMILES string of the molecule is COC(=O)C1(C(=N)OCc2ccccc2)CCC(C)CC1. The molecule has 0 spiro atoms. The maximum absolute atomic E-state index is 12.2. The van der Waals surface area contributed by atoms with E-state index in [4.69, 9.17) is 14.9 Å². The normalized spacial score (nSPS) is 25.1. The van der Waals surface area contributed by atoms with Crippen LogP contribution in [0, 0.1) is 16.7 Å². The molecule has 1 saturated carbocycles. The summed E-state index contributed by atoms with van der Waals surface area (Å²) in [5, 5.41) is 8.26. The molecule has 0 heterocycles. The lowest BCUT2D eigenvalue weighted by atomic mass is 9.70. The van der Waals surface area contributed by atoms with Gasteiger partial charge in [-0.15, -0.1) is 0 Å². The van der Waals surface area contributed by atoms with Crippen LogP contribution in [0.5, 0.6) is 0 Å². The molecule has 0 amide bonds. The molecule has 1 aromatic carbocycles. The smallest absolute Gasteiger partial charge is 0.321 e. The molecule has 2 rings (SSSR count).